The summed E-state index contributed by atoms with van der Waals surface area (Å²) in [5.41, 5.74) is 2.19. The van der Waals surface area contributed by atoms with Crippen molar-refractivity contribution < 1.29 is 14.7 Å². The first-order chi connectivity index (χ1) is 14.1. The number of carboxylic acid groups (broad SMARTS) is 1. The zero-order chi connectivity index (χ0) is 21.7. The zero-order valence-corrected chi connectivity index (χ0v) is 18.4. The number of aryl methyl sites for hydroxylation is 1. The number of nitrogens with one attached hydrogen (secondary N) is 1. The third kappa shape index (κ3) is 3.29. The molecule has 0 aliphatic heterocycles. The number of carboxylic acids is 1. The molecule has 4 rings (SSSR count). The Hall–Kier alpha value is -2.73. The summed E-state index contributed by atoms with van der Waals surface area (Å²) < 4.78 is 1.15. The predicted octanol–water partition coefficient (Wildman–Crippen LogP) is 4.40. The van der Waals surface area contributed by atoms with Gasteiger partial charge in [-0.2, -0.15) is 0 Å². The van der Waals surface area contributed by atoms with E-state index < -0.39 is 16.8 Å². The first-order valence-electron chi connectivity index (χ1n) is 10.1. The molecule has 0 saturated heterocycles. The lowest BCUT2D eigenvalue weighted by atomic mass is 9.65. The Morgan fingerprint density at radius 2 is 1.83 bits per heavy atom. The number of anilines is 1. The first kappa shape index (κ1) is 20.5. The minimum atomic E-state index is -1.09. The van der Waals surface area contributed by atoms with Gasteiger partial charge in [-0.15, -0.1) is 11.3 Å². The number of aliphatic carboxylic acids is 1. The van der Waals surface area contributed by atoms with E-state index in [9.17, 15) is 14.7 Å². The van der Waals surface area contributed by atoms with Crippen LogP contribution in [-0.2, 0) is 9.59 Å². The monoisotopic (exact) mass is 421 g/mol. The molecule has 0 radical (unpaired) electrons. The Kier molecular flexibility index (Phi) is 4.93. The molecule has 1 aliphatic carbocycles. The number of carbonyl (C=O) groups is 2. The molecule has 1 N–H and O–H groups in total. The second-order valence-corrected chi connectivity index (χ2v) is 10.0. The minimum Gasteiger partial charge on any atom is -0.550 e. The molecular formula is C24H25N2O3S-. The normalized spacial score (nSPS) is 22.9. The molecule has 1 amide bonds. The van der Waals surface area contributed by atoms with Crippen LogP contribution in [0.1, 0.15) is 39.2 Å². The van der Waals surface area contributed by atoms with Crippen molar-refractivity contribution in [2.45, 2.75) is 40.5 Å². The van der Waals surface area contributed by atoms with Crippen molar-refractivity contribution in [2.75, 3.05) is 5.32 Å². The van der Waals surface area contributed by atoms with Crippen LogP contribution in [0.25, 0.3) is 20.8 Å². The van der Waals surface area contributed by atoms with E-state index in [1.807, 2.05) is 44.2 Å². The van der Waals surface area contributed by atoms with Crippen LogP contribution in [0.4, 0.5) is 5.69 Å². The number of carbonyl (C=O) groups excluding carboxylic acids is 2. The lowest BCUT2D eigenvalue weighted by molar-refractivity contribution is -0.323. The number of amides is 1. The van der Waals surface area contributed by atoms with Crippen molar-refractivity contribution in [2.24, 2.45) is 16.7 Å². The van der Waals surface area contributed by atoms with E-state index in [2.05, 4.69) is 24.4 Å². The van der Waals surface area contributed by atoms with Crippen LogP contribution < -0.4 is 10.4 Å². The Bertz CT molecular complexity index is 1130. The molecule has 3 aromatic rings. The van der Waals surface area contributed by atoms with E-state index >= 15 is 0 Å². The van der Waals surface area contributed by atoms with Gasteiger partial charge in [-0.1, -0.05) is 26.8 Å². The highest BCUT2D eigenvalue weighted by Crippen LogP contribution is 2.55. The fourth-order valence-corrected chi connectivity index (χ4v) is 5.47. The molecule has 1 saturated carbocycles. The van der Waals surface area contributed by atoms with Crippen molar-refractivity contribution in [3.05, 3.63) is 48.0 Å². The predicted molar refractivity (Wildman–Crippen MR) is 118 cm³/mol. The second kappa shape index (κ2) is 7.20. The van der Waals surface area contributed by atoms with E-state index in [-0.39, 0.29) is 11.8 Å². The van der Waals surface area contributed by atoms with Crippen LogP contribution in [0.5, 0.6) is 0 Å². The SMILES string of the molecule is Cc1ccc2nc(-c3ccc(NC(=O)C4CCC(C)(C(=O)[O-])C4(C)C)cc3)sc2c1. The van der Waals surface area contributed by atoms with E-state index in [0.717, 1.165) is 20.8 Å². The average molecular weight is 422 g/mol. The molecule has 2 aromatic carbocycles. The van der Waals surface area contributed by atoms with Gasteiger partial charge in [0.05, 0.1) is 10.2 Å². The molecule has 1 aromatic heterocycles. The Balaban J connectivity index is 1.51. The second-order valence-electron chi connectivity index (χ2n) is 8.99. The molecule has 0 bridgehead atoms. The van der Waals surface area contributed by atoms with Gasteiger partial charge in [0.2, 0.25) is 5.91 Å². The van der Waals surface area contributed by atoms with Crippen molar-refractivity contribution in [1.82, 2.24) is 4.98 Å². The lowest BCUT2D eigenvalue weighted by Crippen LogP contribution is -2.49. The third-order valence-corrected chi connectivity index (χ3v) is 8.00. The van der Waals surface area contributed by atoms with Gasteiger partial charge < -0.3 is 15.2 Å². The molecule has 2 atom stereocenters. The summed E-state index contributed by atoms with van der Waals surface area (Å²) in [7, 11) is 0. The molecule has 1 aliphatic rings. The Morgan fingerprint density at radius 1 is 1.13 bits per heavy atom. The number of aromatic nitrogens is 1. The largest absolute Gasteiger partial charge is 0.550 e. The van der Waals surface area contributed by atoms with Crippen LogP contribution in [0.15, 0.2) is 42.5 Å². The van der Waals surface area contributed by atoms with Crippen LogP contribution in [0.2, 0.25) is 0 Å². The topological polar surface area (TPSA) is 82.1 Å². The summed E-state index contributed by atoms with van der Waals surface area (Å²) in [6.07, 6.45) is 0.975. The van der Waals surface area contributed by atoms with Crippen molar-refractivity contribution >= 4 is 39.1 Å². The molecule has 1 heterocycles. The van der Waals surface area contributed by atoms with Crippen molar-refractivity contribution in [1.29, 1.82) is 0 Å². The number of hydrogen-bond donors (Lipinski definition) is 1. The van der Waals surface area contributed by atoms with Crippen molar-refractivity contribution in [3.63, 3.8) is 0 Å². The van der Waals surface area contributed by atoms with Gasteiger partial charge >= 0.3 is 0 Å². The van der Waals surface area contributed by atoms with E-state index in [4.69, 9.17) is 4.98 Å². The number of hydrogen-bond acceptors (Lipinski definition) is 5. The number of nitrogens with zero attached hydrogens (tertiary/aromatic N) is 1. The molecule has 156 valence electrons. The molecule has 30 heavy (non-hydrogen) atoms. The minimum absolute atomic E-state index is 0.145. The number of fused-ring (bicyclic) bond motifs is 1. The molecule has 1 fully saturated rings. The fraction of sp³-hybridized carbons (Fsp3) is 0.375. The third-order valence-electron chi connectivity index (χ3n) is 6.94. The smallest absolute Gasteiger partial charge is 0.228 e. The summed E-state index contributed by atoms with van der Waals surface area (Å²) in [6.45, 7) is 7.44. The number of benzene rings is 2. The maximum Gasteiger partial charge on any atom is 0.228 e. The molecule has 5 nitrogen and oxygen atoms in total. The van der Waals surface area contributed by atoms with E-state index in [1.54, 1.807) is 18.3 Å². The highest BCUT2D eigenvalue weighted by molar-refractivity contribution is 7.21. The number of thiazole rings is 1. The van der Waals surface area contributed by atoms with Gasteiger partial charge in [0, 0.05) is 28.6 Å². The van der Waals surface area contributed by atoms with Crippen LogP contribution in [-0.4, -0.2) is 16.9 Å². The summed E-state index contributed by atoms with van der Waals surface area (Å²) in [6, 6.07) is 13.9. The summed E-state index contributed by atoms with van der Waals surface area (Å²) >= 11 is 1.65. The summed E-state index contributed by atoms with van der Waals surface area (Å²) in [4.78, 5) is 29.3. The van der Waals surface area contributed by atoms with Crippen LogP contribution >= 0.6 is 11.3 Å². The maximum atomic E-state index is 12.9. The molecule has 2 unspecified atom stereocenters. The average Bonchev–Trinajstić information content (AvgIpc) is 3.21. The Labute approximate surface area is 180 Å². The Morgan fingerprint density at radius 3 is 2.47 bits per heavy atom. The maximum absolute atomic E-state index is 12.9. The highest BCUT2D eigenvalue weighted by atomic mass is 32.1. The van der Waals surface area contributed by atoms with Gasteiger partial charge in [-0.25, -0.2) is 4.98 Å². The first-order valence-corrected chi connectivity index (χ1v) is 10.9. The highest BCUT2D eigenvalue weighted by Gasteiger charge is 2.54. The summed E-state index contributed by atoms with van der Waals surface area (Å²) in [5, 5.41) is 15.6. The van der Waals surface area contributed by atoms with Gasteiger partial charge in [0.25, 0.3) is 0 Å². The number of rotatable bonds is 4. The van der Waals surface area contributed by atoms with Gasteiger partial charge in [0.15, 0.2) is 0 Å². The fourth-order valence-electron chi connectivity index (χ4n) is 4.41. The van der Waals surface area contributed by atoms with Crippen molar-refractivity contribution in [3.8, 4) is 10.6 Å². The standard InChI is InChI=1S/C24H26N2O3S/c1-14-5-10-18-19(13-14)30-21(26-18)15-6-8-16(9-7-15)25-20(27)17-11-12-24(4,22(28)29)23(17,2)3/h5-10,13,17H,11-12H2,1-4H3,(H,25,27)(H,28,29)/p-1. The summed E-state index contributed by atoms with van der Waals surface area (Å²) in [5.74, 6) is -1.61. The van der Waals surface area contributed by atoms with Gasteiger partial charge in [-0.05, 0) is 67.1 Å². The molecular weight excluding hydrogens is 396 g/mol. The van der Waals surface area contributed by atoms with E-state index in [0.29, 0.717) is 18.5 Å². The lowest BCUT2D eigenvalue weighted by Gasteiger charge is -2.41. The van der Waals surface area contributed by atoms with Gasteiger partial charge in [-0.3, -0.25) is 4.79 Å². The van der Waals surface area contributed by atoms with Crippen LogP contribution in [0, 0.1) is 23.7 Å². The van der Waals surface area contributed by atoms with Gasteiger partial charge in [0.1, 0.15) is 5.01 Å². The molecule has 0 spiro atoms. The zero-order valence-electron chi connectivity index (χ0n) is 17.6. The molecule has 6 heteroatoms. The van der Waals surface area contributed by atoms with E-state index in [1.165, 1.54) is 5.56 Å². The van der Waals surface area contributed by atoms with Crippen LogP contribution in [0.3, 0.4) is 0 Å². The quantitative estimate of drug-likeness (QED) is 0.677.